The zero-order valence-electron chi connectivity index (χ0n) is 19.3. The van der Waals surface area contributed by atoms with Crippen molar-refractivity contribution in [2.24, 2.45) is 5.92 Å². The topological polar surface area (TPSA) is 92.0 Å². The lowest BCUT2D eigenvalue weighted by Gasteiger charge is -2.25. The molecule has 5 rings (SSSR count). The van der Waals surface area contributed by atoms with Gasteiger partial charge in [0.2, 0.25) is 0 Å². The molecule has 0 bridgehead atoms. The fourth-order valence-corrected chi connectivity index (χ4v) is 5.17. The van der Waals surface area contributed by atoms with Gasteiger partial charge >= 0.3 is 0 Å². The molecule has 7 nitrogen and oxygen atoms in total. The van der Waals surface area contributed by atoms with Crippen LogP contribution in [0.4, 0.5) is 0 Å². The number of aromatic nitrogens is 5. The van der Waals surface area contributed by atoms with Gasteiger partial charge in [-0.15, -0.1) is 0 Å². The summed E-state index contributed by atoms with van der Waals surface area (Å²) in [4.78, 5) is 4.75. The Bertz CT molecular complexity index is 1370. The normalized spacial score (nSPS) is 18.8. The van der Waals surface area contributed by atoms with Crippen LogP contribution in [0.25, 0.3) is 27.8 Å². The van der Waals surface area contributed by atoms with E-state index >= 15 is 0 Å². The molecule has 0 atom stereocenters. The second-order valence-corrected chi connectivity index (χ2v) is 10.2. The molecule has 0 aliphatic heterocycles. The standard InChI is InChI=1S/C26H27ClN6O/c1-26(2,34)16-32-15-20(13-30-32)21-8-7-19(11-23(21)27)22-14-31-33-10-9-29-24(25(22)33)18-5-3-17(12-28)4-6-18/h7-11,13-15,17-18,34H,3-6,16H2,1-2H3. The number of hydrogen-bond donors (Lipinski definition) is 1. The Morgan fingerprint density at radius 2 is 1.91 bits per heavy atom. The largest absolute Gasteiger partial charge is 0.389 e. The van der Waals surface area contributed by atoms with Gasteiger partial charge in [-0.1, -0.05) is 23.7 Å². The average Bonchev–Trinajstić information content (AvgIpc) is 3.45. The highest BCUT2D eigenvalue weighted by atomic mass is 35.5. The summed E-state index contributed by atoms with van der Waals surface area (Å²) in [6, 6.07) is 8.43. The number of nitriles is 1. The van der Waals surface area contributed by atoms with E-state index in [2.05, 4.69) is 22.3 Å². The number of halogens is 1. The van der Waals surface area contributed by atoms with Crippen molar-refractivity contribution in [3.8, 4) is 28.3 Å². The van der Waals surface area contributed by atoms with E-state index in [9.17, 15) is 10.4 Å². The molecule has 1 aromatic carbocycles. The highest BCUT2D eigenvalue weighted by Gasteiger charge is 2.26. The highest BCUT2D eigenvalue weighted by Crippen LogP contribution is 2.40. The van der Waals surface area contributed by atoms with Crippen LogP contribution >= 0.6 is 11.6 Å². The summed E-state index contributed by atoms with van der Waals surface area (Å²) in [5.41, 5.74) is 4.96. The van der Waals surface area contributed by atoms with Crippen LogP contribution in [0.1, 0.15) is 51.1 Å². The van der Waals surface area contributed by atoms with Gasteiger partial charge in [-0.2, -0.15) is 15.5 Å². The minimum Gasteiger partial charge on any atom is -0.389 e. The molecule has 1 aliphatic rings. The van der Waals surface area contributed by atoms with E-state index in [1.165, 1.54) is 0 Å². The van der Waals surface area contributed by atoms with Crippen LogP contribution in [0.15, 0.2) is 49.2 Å². The van der Waals surface area contributed by atoms with Gasteiger partial charge in [-0.3, -0.25) is 9.67 Å². The molecule has 0 unspecified atom stereocenters. The molecule has 0 saturated heterocycles. The van der Waals surface area contributed by atoms with Crippen LogP contribution in [0.3, 0.4) is 0 Å². The lowest BCUT2D eigenvalue weighted by Crippen LogP contribution is -2.26. The predicted molar refractivity (Wildman–Crippen MR) is 131 cm³/mol. The highest BCUT2D eigenvalue weighted by molar-refractivity contribution is 6.33. The first-order chi connectivity index (χ1) is 16.3. The van der Waals surface area contributed by atoms with Crippen LogP contribution in [0, 0.1) is 17.2 Å². The van der Waals surface area contributed by atoms with Crippen molar-refractivity contribution in [3.05, 3.63) is 59.9 Å². The minimum atomic E-state index is -0.847. The van der Waals surface area contributed by atoms with Crippen molar-refractivity contribution in [2.75, 3.05) is 0 Å². The molecule has 34 heavy (non-hydrogen) atoms. The molecule has 174 valence electrons. The Kier molecular flexibility index (Phi) is 5.88. The third kappa shape index (κ3) is 4.44. The van der Waals surface area contributed by atoms with Crippen molar-refractivity contribution < 1.29 is 5.11 Å². The van der Waals surface area contributed by atoms with Gasteiger partial charge < -0.3 is 5.11 Å². The molecule has 1 aliphatic carbocycles. The molecule has 1 saturated carbocycles. The molecular weight excluding hydrogens is 448 g/mol. The first kappa shape index (κ1) is 22.6. The summed E-state index contributed by atoms with van der Waals surface area (Å²) >= 11 is 6.73. The Morgan fingerprint density at radius 1 is 1.12 bits per heavy atom. The maximum absolute atomic E-state index is 10.1. The maximum atomic E-state index is 10.1. The molecule has 0 spiro atoms. The van der Waals surface area contributed by atoms with Crippen LogP contribution < -0.4 is 0 Å². The van der Waals surface area contributed by atoms with Crippen molar-refractivity contribution in [1.29, 1.82) is 5.26 Å². The van der Waals surface area contributed by atoms with Gasteiger partial charge in [0, 0.05) is 52.1 Å². The van der Waals surface area contributed by atoms with Crippen molar-refractivity contribution in [2.45, 2.75) is 57.6 Å². The third-order valence-corrected chi connectivity index (χ3v) is 6.84. The monoisotopic (exact) mass is 474 g/mol. The van der Waals surface area contributed by atoms with Gasteiger partial charge in [0.1, 0.15) is 0 Å². The molecule has 4 aromatic rings. The van der Waals surface area contributed by atoms with Gasteiger partial charge in [0.15, 0.2) is 0 Å². The predicted octanol–water partition coefficient (Wildman–Crippen LogP) is 5.48. The van der Waals surface area contributed by atoms with E-state index in [0.717, 1.165) is 59.1 Å². The number of fused-ring (bicyclic) bond motifs is 1. The number of aliphatic hydroxyl groups is 1. The Hall–Kier alpha value is -3.21. The molecular formula is C26H27ClN6O. The lowest BCUT2D eigenvalue weighted by atomic mass is 9.80. The van der Waals surface area contributed by atoms with Gasteiger partial charge in [0.05, 0.1) is 41.8 Å². The number of hydrogen-bond acceptors (Lipinski definition) is 5. The van der Waals surface area contributed by atoms with E-state index in [-0.39, 0.29) is 5.92 Å². The SMILES string of the molecule is CC(C)(O)Cn1cc(-c2ccc(-c3cnn4ccnc(C5CCC(C#N)CC5)c34)cc2Cl)cn1. The third-order valence-electron chi connectivity index (χ3n) is 6.53. The van der Waals surface area contributed by atoms with E-state index in [0.29, 0.717) is 17.5 Å². The molecule has 0 radical (unpaired) electrons. The average molecular weight is 475 g/mol. The smallest absolute Gasteiger partial charge is 0.0958 e. The Balaban J connectivity index is 1.48. The maximum Gasteiger partial charge on any atom is 0.0958 e. The summed E-state index contributed by atoms with van der Waals surface area (Å²) in [5.74, 6) is 0.472. The van der Waals surface area contributed by atoms with Crippen LogP contribution in [-0.4, -0.2) is 35.1 Å². The van der Waals surface area contributed by atoms with Gasteiger partial charge in [0.25, 0.3) is 0 Å². The van der Waals surface area contributed by atoms with E-state index < -0.39 is 5.60 Å². The summed E-state index contributed by atoms with van der Waals surface area (Å²) < 4.78 is 3.61. The number of benzene rings is 1. The van der Waals surface area contributed by atoms with E-state index in [4.69, 9.17) is 16.6 Å². The lowest BCUT2D eigenvalue weighted by molar-refractivity contribution is 0.0577. The van der Waals surface area contributed by atoms with Crippen molar-refractivity contribution in [3.63, 3.8) is 0 Å². The molecule has 3 aromatic heterocycles. The van der Waals surface area contributed by atoms with Crippen LogP contribution in [0.2, 0.25) is 5.02 Å². The summed E-state index contributed by atoms with van der Waals surface area (Å²) in [6.07, 6.45) is 13.0. The summed E-state index contributed by atoms with van der Waals surface area (Å²) in [6.45, 7) is 3.91. The first-order valence-electron chi connectivity index (χ1n) is 11.6. The molecule has 0 amide bonds. The summed E-state index contributed by atoms with van der Waals surface area (Å²) in [7, 11) is 0. The van der Waals surface area contributed by atoms with Gasteiger partial charge in [-0.25, -0.2) is 4.52 Å². The fraction of sp³-hybridized carbons (Fsp3) is 0.385. The second-order valence-electron chi connectivity index (χ2n) is 9.78. The first-order valence-corrected chi connectivity index (χ1v) is 12.0. The molecule has 1 fully saturated rings. The van der Waals surface area contributed by atoms with E-state index in [1.807, 2.05) is 35.2 Å². The molecule has 3 heterocycles. The number of nitrogens with zero attached hydrogens (tertiary/aromatic N) is 6. The Labute approximate surface area is 203 Å². The minimum absolute atomic E-state index is 0.152. The quantitative estimate of drug-likeness (QED) is 0.413. The van der Waals surface area contributed by atoms with Crippen LogP contribution in [0.5, 0.6) is 0 Å². The molecule has 1 N–H and O–H groups in total. The fourth-order valence-electron chi connectivity index (χ4n) is 4.88. The van der Waals surface area contributed by atoms with Crippen molar-refractivity contribution >= 4 is 17.1 Å². The zero-order chi connectivity index (χ0) is 23.9. The Morgan fingerprint density at radius 3 is 2.62 bits per heavy atom. The summed E-state index contributed by atoms with van der Waals surface area (Å²) in [5, 5.41) is 28.9. The molecule has 8 heteroatoms. The zero-order valence-corrected chi connectivity index (χ0v) is 20.1. The second kappa shape index (κ2) is 8.86. The van der Waals surface area contributed by atoms with Crippen molar-refractivity contribution in [1.82, 2.24) is 24.4 Å². The van der Waals surface area contributed by atoms with Gasteiger partial charge in [-0.05, 0) is 51.2 Å². The van der Waals surface area contributed by atoms with Crippen LogP contribution in [-0.2, 0) is 6.54 Å². The van der Waals surface area contributed by atoms with E-state index in [1.54, 1.807) is 30.9 Å². The number of rotatable bonds is 5.